The van der Waals surface area contributed by atoms with E-state index in [1.807, 2.05) is 0 Å². The van der Waals surface area contributed by atoms with Crippen LogP contribution in [0.1, 0.15) is 10.4 Å². The van der Waals surface area contributed by atoms with Crippen LogP contribution in [0.5, 0.6) is 0 Å². The van der Waals surface area contributed by atoms with Gasteiger partial charge in [0, 0.05) is 0 Å². The van der Waals surface area contributed by atoms with Crippen LogP contribution in [0.3, 0.4) is 0 Å². The van der Waals surface area contributed by atoms with Crippen molar-refractivity contribution in [1.82, 2.24) is 4.72 Å². The number of hydrogen-bond acceptors (Lipinski definition) is 4. The minimum absolute atomic E-state index is 0.0185. The number of hydrogen-bond donors (Lipinski definition) is 1. The zero-order valence-corrected chi connectivity index (χ0v) is 8.17. The molecule has 0 bridgehead atoms. The Morgan fingerprint density at radius 2 is 1.79 bits per heavy atom. The van der Waals surface area contributed by atoms with Gasteiger partial charge in [-0.2, -0.15) is 0 Å². The van der Waals surface area contributed by atoms with Gasteiger partial charge >= 0.3 is 0 Å². The Hall–Kier alpha value is -1.40. The molecule has 76 valence electrons. The molecule has 1 N–H and O–H groups in total. The Morgan fingerprint density at radius 1 is 1.29 bits per heavy atom. The molecule has 0 aliphatic carbocycles. The molecular weight excluding hydrogens is 206 g/mol. The topological polar surface area (TPSA) is 86.3 Å². The van der Waals surface area contributed by atoms with E-state index in [0.717, 1.165) is 0 Å². The first kappa shape index (κ1) is 10.7. The van der Waals surface area contributed by atoms with Crippen molar-refractivity contribution in [2.75, 3.05) is 7.05 Å². The first-order valence-electron chi connectivity index (χ1n) is 3.72. The first-order valence-corrected chi connectivity index (χ1v) is 5.20. The van der Waals surface area contributed by atoms with Crippen molar-refractivity contribution in [3.8, 4) is 0 Å². The van der Waals surface area contributed by atoms with Crippen LogP contribution in [0.4, 0.5) is 0 Å². The number of sulfonamides is 1. The lowest BCUT2D eigenvalue weighted by Crippen LogP contribution is -2.23. The van der Waals surface area contributed by atoms with Crippen LogP contribution in [0.25, 0.3) is 0 Å². The van der Waals surface area contributed by atoms with Crippen molar-refractivity contribution in [2.45, 2.75) is 4.90 Å². The zero-order valence-electron chi connectivity index (χ0n) is 7.35. The summed E-state index contributed by atoms with van der Waals surface area (Å²) in [6.07, 6.45) is 0. The van der Waals surface area contributed by atoms with Crippen molar-refractivity contribution in [1.29, 1.82) is 0 Å². The summed E-state index contributed by atoms with van der Waals surface area (Å²) in [6.45, 7) is 0. The van der Waals surface area contributed by atoms with Crippen LogP contribution in [-0.4, -0.2) is 21.4 Å². The molecule has 0 aliphatic heterocycles. The van der Waals surface area contributed by atoms with Gasteiger partial charge in [0.15, 0.2) is 0 Å². The third-order valence-electron chi connectivity index (χ3n) is 1.67. The summed E-state index contributed by atoms with van der Waals surface area (Å²) in [7, 11) is -2.22. The molecule has 0 heterocycles. The highest BCUT2D eigenvalue weighted by Gasteiger charge is 2.10. The summed E-state index contributed by atoms with van der Waals surface area (Å²) in [5.74, 6) is -1.33. The molecule has 0 radical (unpaired) electrons. The molecule has 0 amide bonds. The third kappa shape index (κ3) is 2.09. The van der Waals surface area contributed by atoms with Crippen LogP contribution in [0, 0.1) is 0 Å². The van der Waals surface area contributed by atoms with Gasteiger partial charge in [-0.05, 0) is 24.7 Å². The molecule has 1 aromatic carbocycles. The average molecular weight is 214 g/mol. The normalized spacial score (nSPS) is 11.2. The molecule has 0 fully saturated rings. The Bertz CT molecular complexity index is 435. The molecule has 6 heteroatoms. The molecule has 0 aliphatic rings. The first-order chi connectivity index (χ1) is 6.47. The fraction of sp³-hybridized carbons (Fsp3) is 0.125. The molecule has 5 nitrogen and oxygen atoms in total. The van der Waals surface area contributed by atoms with Crippen LogP contribution in [-0.2, 0) is 10.0 Å². The highest BCUT2D eigenvalue weighted by Crippen LogP contribution is 2.09. The van der Waals surface area contributed by atoms with Crippen LogP contribution in [0.15, 0.2) is 29.2 Å². The second-order valence-electron chi connectivity index (χ2n) is 2.52. The molecule has 14 heavy (non-hydrogen) atoms. The van der Waals surface area contributed by atoms with Crippen molar-refractivity contribution in [2.24, 2.45) is 0 Å². The number of nitrogens with one attached hydrogen (secondary N) is 1. The van der Waals surface area contributed by atoms with Gasteiger partial charge in [0.25, 0.3) is 0 Å². The SMILES string of the molecule is CNS(=O)(=O)c1ccc(C(=O)[O-])cc1. The molecule has 0 aromatic heterocycles. The third-order valence-corrected chi connectivity index (χ3v) is 3.10. The summed E-state index contributed by atoms with van der Waals surface area (Å²) in [6, 6.07) is 4.77. The van der Waals surface area contributed by atoms with Crippen molar-refractivity contribution >= 4 is 16.0 Å². The second kappa shape index (κ2) is 3.77. The van der Waals surface area contributed by atoms with E-state index in [9.17, 15) is 18.3 Å². The van der Waals surface area contributed by atoms with E-state index in [1.165, 1.54) is 31.3 Å². The monoisotopic (exact) mass is 214 g/mol. The molecule has 0 spiro atoms. The lowest BCUT2D eigenvalue weighted by molar-refractivity contribution is -0.255. The summed E-state index contributed by atoms with van der Waals surface area (Å²) in [4.78, 5) is 10.4. The fourth-order valence-corrected chi connectivity index (χ4v) is 1.62. The molecule has 0 unspecified atom stereocenters. The molecule has 1 aromatic rings. The standard InChI is InChI=1S/C8H9NO4S/c1-9-14(12,13)7-4-2-6(3-5-7)8(10)11/h2-5,9H,1H3,(H,10,11)/p-1. The summed E-state index contributed by atoms with van der Waals surface area (Å²) in [5, 5.41) is 10.4. The minimum Gasteiger partial charge on any atom is -0.545 e. The van der Waals surface area contributed by atoms with Gasteiger partial charge < -0.3 is 9.90 Å². The second-order valence-corrected chi connectivity index (χ2v) is 4.41. The average Bonchev–Trinajstić information content (AvgIpc) is 2.18. The van der Waals surface area contributed by atoms with Gasteiger partial charge in [-0.15, -0.1) is 0 Å². The largest absolute Gasteiger partial charge is 0.545 e. The van der Waals surface area contributed by atoms with Gasteiger partial charge in [-0.3, -0.25) is 0 Å². The fourth-order valence-electron chi connectivity index (χ4n) is 0.888. The minimum atomic E-state index is -3.50. The predicted molar refractivity (Wildman–Crippen MR) is 47.0 cm³/mol. The lowest BCUT2D eigenvalue weighted by Gasteiger charge is -2.04. The molecule has 0 saturated carbocycles. The van der Waals surface area contributed by atoms with E-state index in [4.69, 9.17) is 0 Å². The van der Waals surface area contributed by atoms with Gasteiger partial charge in [0.2, 0.25) is 10.0 Å². The predicted octanol–water partition coefficient (Wildman–Crippen LogP) is -1.04. The van der Waals surface area contributed by atoms with Crippen LogP contribution in [0.2, 0.25) is 0 Å². The lowest BCUT2D eigenvalue weighted by atomic mass is 10.2. The number of carboxylic acid groups (broad SMARTS) is 1. The molecule has 0 saturated heterocycles. The number of benzene rings is 1. The van der Waals surface area contributed by atoms with Crippen LogP contribution < -0.4 is 9.83 Å². The number of carbonyl (C=O) groups excluding carboxylic acids is 1. The maximum absolute atomic E-state index is 11.2. The number of carboxylic acids is 1. The van der Waals surface area contributed by atoms with Gasteiger partial charge in [0.05, 0.1) is 10.9 Å². The van der Waals surface area contributed by atoms with E-state index in [1.54, 1.807) is 0 Å². The van der Waals surface area contributed by atoms with Crippen LogP contribution >= 0.6 is 0 Å². The van der Waals surface area contributed by atoms with Gasteiger partial charge in [0.1, 0.15) is 0 Å². The molecule has 1 rings (SSSR count). The van der Waals surface area contributed by atoms with Gasteiger partial charge in [-0.1, -0.05) is 12.1 Å². The van der Waals surface area contributed by atoms with E-state index in [0.29, 0.717) is 0 Å². The van der Waals surface area contributed by atoms with Crippen molar-refractivity contribution in [3.63, 3.8) is 0 Å². The van der Waals surface area contributed by atoms with E-state index in [-0.39, 0.29) is 10.5 Å². The van der Waals surface area contributed by atoms with E-state index >= 15 is 0 Å². The zero-order chi connectivity index (χ0) is 10.8. The van der Waals surface area contributed by atoms with E-state index < -0.39 is 16.0 Å². The Balaban J connectivity index is 3.12. The Morgan fingerprint density at radius 3 is 2.14 bits per heavy atom. The van der Waals surface area contributed by atoms with E-state index in [2.05, 4.69) is 4.72 Å². The Labute approximate surface area is 81.4 Å². The van der Waals surface area contributed by atoms with Crippen molar-refractivity contribution in [3.05, 3.63) is 29.8 Å². The number of carbonyl (C=O) groups is 1. The number of rotatable bonds is 3. The number of aromatic carboxylic acids is 1. The molecular formula is C8H8NO4S-. The van der Waals surface area contributed by atoms with Crippen molar-refractivity contribution < 1.29 is 18.3 Å². The maximum atomic E-state index is 11.2. The quantitative estimate of drug-likeness (QED) is 0.696. The molecule has 0 atom stereocenters. The highest BCUT2D eigenvalue weighted by molar-refractivity contribution is 7.89. The highest BCUT2D eigenvalue weighted by atomic mass is 32.2. The van der Waals surface area contributed by atoms with Gasteiger partial charge in [-0.25, -0.2) is 13.1 Å². The smallest absolute Gasteiger partial charge is 0.240 e. The Kier molecular flexibility index (Phi) is 2.87. The summed E-state index contributed by atoms with van der Waals surface area (Å²) >= 11 is 0. The summed E-state index contributed by atoms with van der Waals surface area (Å²) in [5.41, 5.74) is -0.0555. The summed E-state index contributed by atoms with van der Waals surface area (Å²) < 4.78 is 24.5. The maximum Gasteiger partial charge on any atom is 0.240 e.